The molecule has 1 aliphatic heterocycles. The summed E-state index contributed by atoms with van der Waals surface area (Å²) in [5, 5.41) is 0. The van der Waals surface area contributed by atoms with Crippen LogP contribution in [0.3, 0.4) is 0 Å². The van der Waals surface area contributed by atoms with Crippen LogP contribution in [0.5, 0.6) is 0 Å². The van der Waals surface area contributed by atoms with E-state index in [1.165, 1.54) is 29.2 Å². The third-order valence-electron chi connectivity index (χ3n) is 4.17. The molecule has 6 nitrogen and oxygen atoms in total. The first-order chi connectivity index (χ1) is 12.7. The Bertz CT molecular complexity index is 819. The van der Waals surface area contributed by atoms with Crippen LogP contribution in [0.15, 0.2) is 30.3 Å². The van der Waals surface area contributed by atoms with E-state index in [0.29, 0.717) is 13.0 Å². The third-order valence-corrected chi connectivity index (χ3v) is 5.92. The average molecular weight is 397 g/mol. The second-order valence-corrected chi connectivity index (χ2v) is 9.19. The van der Waals surface area contributed by atoms with Crippen molar-refractivity contribution in [1.29, 1.82) is 0 Å². The molecule has 1 heterocycles. The van der Waals surface area contributed by atoms with Crippen LogP contribution in [0.1, 0.15) is 25.8 Å². The quantitative estimate of drug-likeness (QED) is 0.520. The summed E-state index contributed by atoms with van der Waals surface area (Å²) in [6, 6.07) is 5.56. The number of carbonyl (C=O) groups excluding carboxylic acids is 2. The lowest BCUT2D eigenvalue weighted by atomic mass is 10.1. The first-order valence-corrected chi connectivity index (χ1v) is 10.6. The van der Waals surface area contributed by atoms with Gasteiger partial charge in [0, 0.05) is 24.2 Å². The lowest BCUT2D eigenvalue weighted by Crippen LogP contribution is -2.45. The van der Waals surface area contributed by atoms with Gasteiger partial charge in [-0.3, -0.25) is 4.79 Å². The van der Waals surface area contributed by atoms with E-state index in [1.807, 2.05) is 13.8 Å². The molecule has 2 rings (SSSR count). The number of amides is 1. The van der Waals surface area contributed by atoms with E-state index in [9.17, 15) is 22.4 Å². The number of ether oxygens (including phenoxy) is 1. The predicted octanol–water partition coefficient (Wildman–Crippen LogP) is 2.05. The van der Waals surface area contributed by atoms with Crippen LogP contribution in [0.4, 0.5) is 4.39 Å². The molecule has 27 heavy (non-hydrogen) atoms. The Hall–Kier alpha value is -2.22. The molecule has 1 aromatic rings. The van der Waals surface area contributed by atoms with Crippen molar-refractivity contribution in [3.63, 3.8) is 0 Å². The Morgan fingerprint density at radius 3 is 2.63 bits per heavy atom. The highest BCUT2D eigenvalue weighted by Gasteiger charge is 2.35. The number of halogens is 1. The summed E-state index contributed by atoms with van der Waals surface area (Å²) >= 11 is 0. The zero-order chi connectivity index (χ0) is 20.0. The molecule has 1 atom stereocenters. The monoisotopic (exact) mass is 397 g/mol. The Kier molecular flexibility index (Phi) is 7.12. The second kappa shape index (κ2) is 9.12. The number of nitrogens with zero attached hydrogens (tertiary/aromatic N) is 1. The zero-order valence-electron chi connectivity index (χ0n) is 15.4. The first-order valence-electron chi connectivity index (χ1n) is 8.77. The zero-order valence-corrected chi connectivity index (χ0v) is 16.2. The third kappa shape index (κ3) is 6.46. The van der Waals surface area contributed by atoms with E-state index < -0.39 is 40.2 Å². The fraction of sp³-hybridized carbons (Fsp3) is 0.474. The Morgan fingerprint density at radius 2 is 2.04 bits per heavy atom. The standard InChI is InChI=1S/C19H24FNO5S/c1-14(2)11-21(16-9-10-27(24,25)13-16)18(22)12-26-19(23)8-7-15-5-3-4-6-17(15)20/h3-8,14,16H,9-13H2,1-2H3/b8-7+/t16-/m1/s1. The summed E-state index contributed by atoms with van der Waals surface area (Å²) in [7, 11) is -3.13. The minimum atomic E-state index is -3.13. The van der Waals surface area contributed by atoms with E-state index in [-0.39, 0.29) is 23.0 Å². The van der Waals surface area contributed by atoms with Crippen molar-refractivity contribution in [2.75, 3.05) is 24.7 Å². The molecule has 1 amide bonds. The maximum Gasteiger partial charge on any atom is 0.331 e. The lowest BCUT2D eigenvalue weighted by Gasteiger charge is -2.29. The molecule has 0 unspecified atom stereocenters. The molecule has 1 saturated heterocycles. The summed E-state index contributed by atoms with van der Waals surface area (Å²) in [6.45, 7) is 3.76. The number of carbonyl (C=O) groups is 2. The van der Waals surface area contributed by atoms with Gasteiger partial charge in [-0.2, -0.15) is 0 Å². The summed E-state index contributed by atoms with van der Waals surface area (Å²) in [5.74, 6) is -1.53. The molecular formula is C19H24FNO5S. The van der Waals surface area contributed by atoms with Crippen LogP contribution in [0, 0.1) is 11.7 Å². The fourth-order valence-corrected chi connectivity index (χ4v) is 4.63. The molecule has 148 valence electrons. The van der Waals surface area contributed by atoms with Crippen molar-refractivity contribution >= 4 is 27.8 Å². The Labute approximate surface area is 158 Å². The van der Waals surface area contributed by atoms with Gasteiger partial charge in [0.2, 0.25) is 0 Å². The Balaban J connectivity index is 1.94. The van der Waals surface area contributed by atoms with Crippen LogP contribution < -0.4 is 0 Å². The van der Waals surface area contributed by atoms with Gasteiger partial charge in [-0.05, 0) is 24.5 Å². The Morgan fingerprint density at radius 1 is 1.33 bits per heavy atom. The highest BCUT2D eigenvalue weighted by Crippen LogP contribution is 2.19. The smallest absolute Gasteiger partial charge is 0.331 e. The van der Waals surface area contributed by atoms with Gasteiger partial charge < -0.3 is 9.64 Å². The van der Waals surface area contributed by atoms with Crippen LogP contribution in [-0.2, 0) is 24.2 Å². The highest BCUT2D eigenvalue weighted by molar-refractivity contribution is 7.91. The second-order valence-electron chi connectivity index (χ2n) is 6.96. The summed E-state index contributed by atoms with van der Waals surface area (Å²) in [6.07, 6.45) is 2.72. The van der Waals surface area contributed by atoms with Gasteiger partial charge in [-0.1, -0.05) is 32.0 Å². The summed E-state index contributed by atoms with van der Waals surface area (Å²) in [5.41, 5.74) is 0.235. The number of esters is 1. The normalized spacial score (nSPS) is 18.7. The van der Waals surface area contributed by atoms with E-state index in [1.54, 1.807) is 6.07 Å². The predicted molar refractivity (Wildman–Crippen MR) is 100 cm³/mol. The topological polar surface area (TPSA) is 80.8 Å². The van der Waals surface area contributed by atoms with Gasteiger partial charge >= 0.3 is 5.97 Å². The van der Waals surface area contributed by atoms with Crippen LogP contribution in [-0.4, -0.2) is 55.9 Å². The minimum absolute atomic E-state index is 0.0602. The van der Waals surface area contributed by atoms with Crippen LogP contribution in [0.25, 0.3) is 6.08 Å². The largest absolute Gasteiger partial charge is 0.452 e. The minimum Gasteiger partial charge on any atom is -0.452 e. The van der Waals surface area contributed by atoms with Crippen LogP contribution >= 0.6 is 0 Å². The number of rotatable bonds is 7. The van der Waals surface area contributed by atoms with Crippen molar-refractivity contribution in [2.24, 2.45) is 5.92 Å². The van der Waals surface area contributed by atoms with E-state index in [4.69, 9.17) is 4.74 Å². The first kappa shape index (κ1) is 21.1. The number of sulfone groups is 1. The van der Waals surface area contributed by atoms with Gasteiger partial charge in [0.15, 0.2) is 16.4 Å². The SMILES string of the molecule is CC(C)CN(C(=O)COC(=O)/C=C/c1ccccc1F)[C@@H]1CCS(=O)(=O)C1. The molecule has 1 aliphatic rings. The lowest BCUT2D eigenvalue weighted by molar-refractivity contribution is -0.149. The van der Waals surface area contributed by atoms with Gasteiger partial charge in [0.05, 0.1) is 11.5 Å². The average Bonchev–Trinajstić information content (AvgIpc) is 2.96. The van der Waals surface area contributed by atoms with Gasteiger partial charge in [-0.15, -0.1) is 0 Å². The van der Waals surface area contributed by atoms with Gasteiger partial charge in [0.1, 0.15) is 5.82 Å². The van der Waals surface area contributed by atoms with Crippen LogP contribution in [0.2, 0.25) is 0 Å². The molecular weight excluding hydrogens is 373 g/mol. The molecule has 0 aromatic heterocycles. The highest BCUT2D eigenvalue weighted by atomic mass is 32.2. The molecule has 0 aliphatic carbocycles. The molecule has 8 heteroatoms. The molecule has 1 aromatic carbocycles. The number of benzene rings is 1. The fourth-order valence-electron chi connectivity index (χ4n) is 2.90. The maximum atomic E-state index is 13.5. The summed E-state index contributed by atoms with van der Waals surface area (Å²) < 4.78 is 41.9. The summed E-state index contributed by atoms with van der Waals surface area (Å²) in [4.78, 5) is 25.8. The van der Waals surface area contributed by atoms with Gasteiger partial charge in [0.25, 0.3) is 5.91 Å². The van der Waals surface area contributed by atoms with E-state index in [2.05, 4.69) is 0 Å². The van der Waals surface area contributed by atoms with E-state index >= 15 is 0 Å². The van der Waals surface area contributed by atoms with Crippen molar-refractivity contribution < 1.29 is 27.1 Å². The molecule has 0 spiro atoms. The van der Waals surface area contributed by atoms with Crippen molar-refractivity contribution in [3.8, 4) is 0 Å². The molecule has 0 saturated carbocycles. The van der Waals surface area contributed by atoms with Crippen molar-refractivity contribution in [3.05, 3.63) is 41.7 Å². The number of hydrogen-bond donors (Lipinski definition) is 0. The van der Waals surface area contributed by atoms with Gasteiger partial charge in [-0.25, -0.2) is 17.6 Å². The molecule has 1 fully saturated rings. The van der Waals surface area contributed by atoms with E-state index in [0.717, 1.165) is 6.08 Å². The molecule has 0 N–H and O–H groups in total. The van der Waals surface area contributed by atoms with Crippen molar-refractivity contribution in [1.82, 2.24) is 4.90 Å². The van der Waals surface area contributed by atoms with Crippen molar-refractivity contribution in [2.45, 2.75) is 26.3 Å². The molecule has 0 radical (unpaired) electrons. The molecule has 0 bridgehead atoms. The maximum absolute atomic E-state index is 13.5. The number of hydrogen-bond acceptors (Lipinski definition) is 5.